The second kappa shape index (κ2) is 8.78. The zero-order chi connectivity index (χ0) is 26.0. The van der Waals surface area contributed by atoms with Crippen molar-refractivity contribution in [2.24, 2.45) is 10.8 Å². The highest BCUT2D eigenvalue weighted by Crippen LogP contribution is 2.55. The Labute approximate surface area is 222 Å². The maximum Gasteiger partial charge on any atom is 0.162 e. The first-order chi connectivity index (χ1) is 16.9. The molecule has 2 aromatic rings. The van der Waals surface area contributed by atoms with Crippen molar-refractivity contribution in [2.45, 2.75) is 59.3 Å². The first kappa shape index (κ1) is 25.1. The molecule has 36 heavy (non-hydrogen) atoms. The summed E-state index contributed by atoms with van der Waals surface area (Å²) in [5.41, 5.74) is 4.72. The first-order valence-electron chi connectivity index (χ1n) is 12.3. The predicted octanol–water partition coefficient (Wildman–Crippen LogP) is 7.89. The summed E-state index contributed by atoms with van der Waals surface area (Å²) >= 11 is 12.7. The van der Waals surface area contributed by atoms with Gasteiger partial charge in [0.25, 0.3) is 0 Å². The molecule has 3 aliphatic rings. The molecule has 0 N–H and O–H groups in total. The van der Waals surface area contributed by atoms with E-state index >= 15 is 0 Å². The van der Waals surface area contributed by atoms with Gasteiger partial charge in [-0.1, -0.05) is 57.0 Å². The Kier molecular flexibility index (Phi) is 6.12. The van der Waals surface area contributed by atoms with Gasteiger partial charge in [-0.15, -0.1) is 0 Å². The van der Waals surface area contributed by atoms with Gasteiger partial charge in [0.15, 0.2) is 11.6 Å². The van der Waals surface area contributed by atoms with E-state index in [1.54, 1.807) is 13.2 Å². The van der Waals surface area contributed by atoms with Gasteiger partial charge in [-0.25, -0.2) is 0 Å². The summed E-state index contributed by atoms with van der Waals surface area (Å²) in [6, 6.07) is 13.3. The number of rotatable bonds is 3. The Balaban J connectivity index is 1.82. The number of methoxy groups -OCH3 is 1. The van der Waals surface area contributed by atoms with E-state index in [-0.39, 0.29) is 22.4 Å². The summed E-state index contributed by atoms with van der Waals surface area (Å²) < 4.78 is 5.39. The van der Waals surface area contributed by atoms with E-state index in [1.807, 2.05) is 36.4 Å². The second-order valence-electron chi connectivity index (χ2n) is 11.7. The molecule has 1 aliphatic heterocycles. The molecule has 0 fully saturated rings. The van der Waals surface area contributed by atoms with Crippen LogP contribution in [0.15, 0.2) is 65.0 Å². The van der Waals surface area contributed by atoms with E-state index in [0.29, 0.717) is 34.0 Å². The van der Waals surface area contributed by atoms with Gasteiger partial charge in [0.1, 0.15) is 5.75 Å². The molecule has 2 aromatic carbocycles. The summed E-state index contributed by atoms with van der Waals surface area (Å²) in [5.74, 6) is 0.472. The highest BCUT2D eigenvalue weighted by atomic mass is 35.5. The van der Waals surface area contributed by atoms with Crippen LogP contribution in [0, 0.1) is 10.8 Å². The molecule has 0 spiro atoms. The van der Waals surface area contributed by atoms with Crippen molar-refractivity contribution >= 4 is 40.5 Å². The third-order valence-corrected chi connectivity index (χ3v) is 8.26. The molecular weight excluding hydrogens is 493 g/mol. The molecule has 1 heterocycles. The van der Waals surface area contributed by atoms with Crippen LogP contribution in [0.3, 0.4) is 0 Å². The summed E-state index contributed by atoms with van der Waals surface area (Å²) in [5, 5.41) is 0.870. The maximum atomic E-state index is 13.9. The minimum Gasteiger partial charge on any atom is -0.497 e. The van der Waals surface area contributed by atoms with Crippen LogP contribution in [0.25, 0.3) is 0 Å². The van der Waals surface area contributed by atoms with Gasteiger partial charge >= 0.3 is 0 Å². The topological polar surface area (TPSA) is 46.6 Å². The van der Waals surface area contributed by atoms with Gasteiger partial charge < -0.3 is 9.64 Å². The quantitative estimate of drug-likeness (QED) is 0.410. The SMILES string of the molecule is COc1ccc(N2C3=C(C(=O)CC(C)(C)C3)C(c3ccc(Cl)c(Cl)c3)C3=C2CC(C)(C)CC3=O)cc1. The molecule has 0 saturated carbocycles. The number of ketones is 2. The number of benzene rings is 2. The molecule has 0 atom stereocenters. The summed E-state index contributed by atoms with van der Waals surface area (Å²) in [6.45, 7) is 8.54. The van der Waals surface area contributed by atoms with Gasteiger partial charge in [0.05, 0.1) is 17.2 Å². The molecule has 5 rings (SSSR count). The molecule has 4 nitrogen and oxygen atoms in total. The van der Waals surface area contributed by atoms with E-state index in [4.69, 9.17) is 27.9 Å². The minimum atomic E-state index is -0.452. The zero-order valence-electron chi connectivity index (χ0n) is 21.4. The maximum absolute atomic E-state index is 13.9. The zero-order valence-corrected chi connectivity index (χ0v) is 22.9. The summed E-state index contributed by atoms with van der Waals surface area (Å²) in [6.07, 6.45) is 2.32. The summed E-state index contributed by atoms with van der Waals surface area (Å²) in [7, 11) is 1.64. The lowest BCUT2D eigenvalue weighted by atomic mass is 9.63. The van der Waals surface area contributed by atoms with Crippen LogP contribution < -0.4 is 9.64 Å². The highest BCUT2D eigenvalue weighted by Gasteiger charge is 2.49. The molecule has 0 saturated heterocycles. The Hall–Kier alpha value is -2.56. The first-order valence-corrected chi connectivity index (χ1v) is 13.1. The second-order valence-corrected chi connectivity index (χ2v) is 12.6. The average Bonchev–Trinajstić information content (AvgIpc) is 2.78. The van der Waals surface area contributed by atoms with Crippen molar-refractivity contribution in [3.05, 3.63) is 80.6 Å². The molecule has 0 aromatic heterocycles. The fourth-order valence-electron chi connectivity index (χ4n) is 6.03. The van der Waals surface area contributed by atoms with Crippen molar-refractivity contribution in [3.63, 3.8) is 0 Å². The van der Waals surface area contributed by atoms with Crippen LogP contribution >= 0.6 is 23.2 Å². The number of ether oxygens (including phenoxy) is 1. The lowest BCUT2D eigenvalue weighted by molar-refractivity contribution is -0.119. The van der Waals surface area contributed by atoms with E-state index < -0.39 is 5.92 Å². The highest BCUT2D eigenvalue weighted by molar-refractivity contribution is 6.42. The number of Topliss-reactive ketones (excluding diaryl/α,β-unsaturated/α-hetero) is 2. The standard InChI is InChI=1S/C30H31Cl2NO3/c1-29(2)13-22-27(24(34)15-29)26(17-6-11-20(31)21(32)12-17)28-23(14-30(3,4)16-25(28)35)33(22)18-7-9-19(36-5)10-8-18/h6-12,26H,13-16H2,1-5H3. The number of allylic oxidation sites excluding steroid dienone is 4. The number of carbonyl (C=O) groups is 2. The molecule has 188 valence electrons. The van der Waals surface area contributed by atoms with Crippen molar-refractivity contribution < 1.29 is 14.3 Å². The number of carbonyl (C=O) groups excluding carboxylic acids is 2. The van der Waals surface area contributed by atoms with E-state index in [1.165, 1.54) is 0 Å². The molecule has 0 amide bonds. The van der Waals surface area contributed by atoms with Crippen LogP contribution in [0.1, 0.15) is 64.9 Å². The molecular formula is C30H31Cl2NO3. The van der Waals surface area contributed by atoms with Crippen LogP contribution in [0.5, 0.6) is 5.75 Å². The molecule has 0 radical (unpaired) electrons. The fraction of sp³-hybridized carbons (Fsp3) is 0.400. The Morgan fingerprint density at radius 2 is 1.31 bits per heavy atom. The molecule has 0 bridgehead atoms. The van der Waals surface area contributed by atoms with Gasteiger partial charge in [-0.3, -0.25) is 9.59 Å². The monoisotopic (exact) mass is 523 g/mol. The van der Waals surface area contributed by atoms with Crippen molar-refractivity contribution in [1.29, 1.82) is 0 Å². The average molecular weight is 524 g/mol. The number of hydrogen-bond donors (Lipinski definition) is 0. The van der Waals surface area contributed by atoms with Crippen LogP contribution in [-0.2, 0) is 9.59 Å². The molecule has 6 heteroatoms. The van der Waals surface area contributed by atoms with E-state index in [9.17, 15) is 9.59 Å². The van der Waals surface area contributed by atoms with Gasteiger partial charge in [0.2, 0.25) is 0 Å². The van der Waals surface area contributed by atoms with E-state index in [0.717, 1.165) is 41.2 Å². The summed E-state index contributed by atoms with van der Waals surface area (Å²) in [4.78, 5) is 29.9. The van der Waals surface area contributed by atoms with E-state index in [2.05, 4.69) is 32.6 Å². The Morgan fingerprint density at radius 3 is 1.78 bits per heavy atom. The molecule has 2 aliphatic carbocycles. The van der Waals surface area contributed by atoms with Gasteiger partial charge in [-0.2, -0.15) is 0 Å². The smallest absolute Gasteiger partial charge is 0.162 e. The third kappa shape index (κ3) is 4.29. The predicted molar refractivity (Wildman–Crippen MR) is 145 cm³/mol. The number of anilines is 1. The molecule has 0 unspecified atom stereocenters. The minimum absolute atomic E-state index is 0.0833. The number of nitrogens with zero attached hydrogens (tertiary/aromatic N) is 1. The third-order valence-electron chi connectivity index (χ3n) is 7.52. The number of halogens is 2. The largest absolute Gasteiger partial charge is 0.497 e. The van der Waals surface area contributed by atoms with Crippen molar-refractivity contribution in [3.8, 4) is 5.75 Å². The van der Waals surface area contributed by atoms with Gasteiger partial charge in [0, 0.05) is 47.0 Å². The number of hydrogen-bond acceptors (Lipinski definition) is 4. The van der Waals surface area contributed by atoms with Crippen LogP contribution in [0.2, 0.25) is 10.0 Å². The van der Waals surface area contributed by atoms with Crippen molar-refractivity contribution in [1.82, 2.24) is 0 Å². The Bertz CT molecular complexity index is 1280. The van der Waals surface area contributed by atoms with Crippen LogP contribution in [0.4, 0.5) is 5.69 Å². The fourth-order valence-corrected chi connectivity index (χ4v) is 6.34. The normalized spacial score (nSPS) is 21.5. The lowest BCUT2D eigenvalue weighted by Crippen LogP contribution is -2.44. The Morgan fingerprint density at radius 1 is 0.778 bits per heavy atom. The van der Waals surface area contributed by atoms with Gasteiger partial charge in [-0.05, 0) is 65.6 Å². The lowest BCUT2D eigenvalue weighted by Gasteiger charge is -2.49. The van der Waals surface area contributed by atoms with Crippen molar-refractivity contribution in [2.75, 3.05) is 12.0 Å². The van der Waals surface area contributed by atoms with Crippen LogP contribution in [-0.4, -0.2) is 18.7 Å².